The van der Waals surface area contributed by atoms with Gasteiger partial charge in [0.1, 0.15) is 4.99 Å². The van der Waals surface area contributed by atoms with Crippen LogP contribution < -0.4 is 10.6 Å². The van der Waals surface area contributed by atoms with Crippen molar-refractivity contribution in [3.05, 3.63) is 29.3 Å². The van der Waals surface area contributed by atoms with Crippen molar-refractivity contribution in [1.82, 2.24) is 0 Å². The largest absolute Gasteiger partial charge is 0.389 e. The average Bonchev–Trinajstić information content (AvgIpc) is 3.17. The first-order valence-corrected chi connectivity index (χ1v) is 7.18. The number of ether oxygens (including phenoxy) is 1. The van der Waals surface area contributed by atoms with Gasteiger partial charge in [0.25, 0.3) is 0 Å². The number of nitrogens with zero attached hydrogens (tertiary/aromatic N) is 1. The van der Waals surface area contributed by atoms with E-state index in [0.717, 1.165) is 36.8 Å². The molecule has 0 amide bonds. The van der Waals surface area contributed by atoms with Crippen LogP contribution in [0.25, 0.3) is 0 Å². The summed E-state index contributed by atoms with van der Waals surface area (Å²) in [5, 5.41) is 0. The Labute approximate surface area is 120 Å². The first-order valence-electron chi connectivity index (χ1n) is 6.77. The summed E-state index contributed by atoms with van der Waals surface area (Å²) in [5.74, 6) is 0.831. The summed E-state index contributed by atoms with van der Waals surface area (Å²) in [6.07, 6.45) is 2.69. The lowest BCUT2D eigenvalue weighted by atomic mass is 10.1. The molecule has 1 aliphatic carbocycles. The van der Waals surface area contributed by atoms with Gasteiger partial charge in [0, 0.05) is 31.5 Å². The van der Waals surface area contributed by atoms with E-state index < -0.39 is 0 Å². The monoisotopic (exact) mass is 278 g/mol. The van der Waals surface area contributed by atoms with Gasteiger partial charge in [0.15, 0.2) is 0 Å². The maximum Gasteiger partial charge on any atom is 0.104 e. The number of hydrogen-bond donors (Lipinski definition) is 1. The number of nitrogens with two attached hydrogens (primary N) is 1. The van der Waals surface area contributed by atoms with Crippen molar-refractivity contribution in [1.29, 1.82) is 0 Å². The molecule has 0 saturated heterocycles. The van der Waals surface area contributed by atoms with E-state index >= 15 is 0 Å². The highest BCUT2D eigenvalue weighted by Gasteiger charge is 2.20. The molecule has 2 rings (SSSR count). The Kier molecular flexibility index (Phi) is 4.77. The second kappa shape index (κ2) is 6.35. The molecule has 1 fully saturated rings. The molecule has 0 atom stereocenters. The minimum atomic E-state index is 0.458. The SMILES string of the molecule is Cc1cc(N(C)CCOCC2CC2)ccc1C(N)=S. The normalized spacial score (nSPS) is 14.4. The smallest absolute Gasteiger partial charge is 0.104 e. The summed E-state index contributed by atoms with van der Waals surface area (Å²) in [4.78, 5) is 2.66. The van der Waals surface area contributed by atoms with Gasteiger partial charge in [-0.3, -0.25) is 0 Å². The molecule has 3 nitrogen and oxygen atoms in total. The van der Waals surface area contributed by atoms with Crippen LogP contribution in [-0.4, -0.2) is 31.8 Å². The molecule has 0 unspecified atom stereocenters. The molecule has 0 aliphatic heterocycles. The summed E-state index contributed by atoms with van der Waals surface area (Å²) in [5.41, 5.74) is 8.92. The Balaban J connectivity index is 1.85. The van der Waals surface area contributed by atoms with E-state index in [-0.39, 0.29) is 0 Å². The zero-order chi connectivity index (χ0) is 13.8. The maximum absolute atomic E-state index is 5.67. The summed E-state index contributed by atoms with van der Waals surface area (Å²) >= 11 is 5.02. The molecule has 1 saturated carbocycles. The lowest BCUT2D eigenvalue weighted by Crippen LogP contribution is -2.23. The minimum Gasteiger partial charge on any atom is -0.389 e. The fourth-order valence-corrected chi connectivity index (χ4v) is 2.26. The fraction of sp³-hybridized carbons (Fsp3) is 0.533. The third-order valence-corrected chi connectivity index (χ3v) is 3.76. The number of likely N-dealkylation sites (N-methyl/N-ethyl adjacent to an activating group) is 1. The Morgan fingerprint density at radius 3 is 2.79 bits per heavy atom. The van der Waals surface area contributed by atoms with Gasteiger partial charge in [0.2, 0.25) is 0 Å². The molecule has 19 heavy (non-hydrogen) atoms. The van der Waals surface area contributed by atoms with Crippen LogP contribution in [0.3, 0.4) is 0 Å². The molecule has 0 aromatic heterocycles. The molecule has 0 spiro atoms. The molecule has 4 heteroatoms. The zero-order valence-corrected chi connectivity index (χ0v) is 12.5. The quantitative estimate of drug-likeness (QED) is 0.614. The first kappa shape index (κ1) is 14.3. The van der Waals surface area contributed by atoms with E-state index in [2.05, 4.69) is 24.1 Å². The molecule has 1 aromatic rings. The predicted octanol–water partition coefficient (Wildman–Crippen LogP) is 2.49. The van der Waals surface area contributed by atoms with Crippen molar-refractivity contribution >= 4 is 22.9 Å². The second-order valence-corrected chi connectivity index (χ2v) is 5.74. The van der Waals surface area contributed by atoms with Gasteiger partial charge in [0.05, 0.1) is 6.61 Å². The lowest BCUT2D eigenvalue weighted by Gasteiger charge is -2.20. The highest BCUT2D eigenvalue weighted by atomic mass is 32.1. The van der Waals surface area contributed by atoms with E-state index in [1.54, 1.807) is 0 Å². The number of anilines is 1. The summed E-state index contributed by atoms with van der Waals surface area (Å²) < 4.78 is 5.66. The molecule has 0 radical (unpaired) electrons. The maximum atomic E-state index is 5.67. The minimum absolute atomic E-state index is 0.458. The molecule has 2 N–H and O–H groups in total. The molecule has 104 valence electrons. The second-order valence-electron chi connectivity index (χ2n) is 5.30. The molecular weight excluding hydrogens is 256 g/mol. The average molecular weight is 278 g/mol. The lowest BCUT2D eigenvalue weighted by molar-refractivity contribution is 0.131. The number of aryl methyl sites for hydroxylation is 1. The van der Waals surface area contributed by atoms with E-state index in [0.29, 0.717) is 4.99 Å². The number of thiocarbonyl (C=S) groups is 1. The van der Waals surface area contributed by atoms with E-state index in [1.165, 1.54) is 18.5 Å². The highest BCUT2D eigenvalue weighted by Crippen LogP contribution is 2.28. The van der Waals surface area contributed by atoms with Crippen molar-refractivity contribution in [2.24, 2.45) is 11.7 Å². The zero-order valence-electron chi connectivity index (χ0n) is 11.7. The van der Waals surface area contributed by atoms with Crippen molar-refractivity contribution in [2.45, 2.75) is 19.8 Å². The van der Waals surface area contributed by atoms with Gasteiger partial charge in [-0.1, -0.05) is 12.2 Å². The van der Waals surface area contributed by atoms with Crippen molar-refractivity contribution in [3.8, 4) is 0 Å². The van der Waals surface area contributed by atoms with Crippen LogP contribution in [0.5, 0.6) is 0 Å². The standard InChI is InChI=1S/C15H22N2OS/c1-11-9-13(5-6-14(11)15(16)19)17(2)7-8-18-10-12-3-4-12/h5-6,9,12H,3-4,7-8,10H2,1-2H3,(H2,16,19). The number of hydrogen-bond acceptors (Lipinski definition) is 3. The van der Waals surface area contributed by atoms with Crippen LogP contribution >= 0.6 is 12.2 Å². The van der Waals surface area contributed by atoms with Crippen molar-refractivity contribution in [2.75, 3.05) is 31.7 Å². The van der Waals surface area contributed by atoms with Crippen molar-refractivity contribution in [3.63, 3.8) is 0 Å². The van der Waals surface area contributed by atoms with Gasteiger partial charge >= 0.3 is 0 Å². The Bertz CT molecular complexity index is 457. The molecule has 1 aliphatic rings. The molecular formula is C15H22N2OS. The van der Waals surface area contributed by atoms with Gasteiger partial charge in [-0.15, -0.1) is 0 Å². The van der Waals surface area contributed by atoms with E-state index in [1.807, 2.05) is 13.0 Å². The fourth-order valence-electron chi connectivity index (χ4n) is 2.03. The van der Waals surface area contributed by atoms with Crippen LogP contribution in [0.1, 0.15) is 24.0 Å². The first-order chi connectivity index (χ1) is 9.08. The van der Waals surface area contributed by atoms with Crippen molar-refractivity contribution < 1.29 is 4.74 Å². The van der Waals surface area contributed by atoms with Gasteiger partial charge in [-0.2, -0.15) is 0 Å². The molecule has 1 aromatic carbocycles. The topological polar surface area (TPSA) is 38.5 Å². The Morgan fingerprint density at radius 1 is 1.47 bits per heavy atom. The van der Waals surface area contributed by atoms with Gasteiger partial charge < -0.3 is 15.4 Å². The third kappa shape index (κ3) is 4.18. The van der Waals surface area contributed by atoms with Crippen LogP contribution in [-0.2, 0) is 4.74 Å². The van der Waals surface area contributed by atoms with Crippen LogP contribution in [0, 0.1) is 12.8 Å². The third-order valence-electron chi connectivity index (χ3n) is 3.54. The number of benzene rings is 1. The Morgan fingerprint density at radius 2 is 2.21 bits per heavy atom. The molecule has 0 bridgehead atoms. The molecule has 0 heterocycles. The number of rotatable bonds is 7. The van der Waals surface area contributed by atoms with Crippen LogP contribution in [0.4, 0.5) is 5.69 Å². The Hall–Kier alpha value is -1.13. The summed E-state index contributed by atoms with van der Waals surface area (Å²) in [7, 11) is 2.08. The predicted molar refractivity (Wildman–Crippen MR) is 83.9 cm³/mol. The summed E-state index contributed by atoms with van der Waals surface area (Å²) in [6.45, 7) is 4.64. The van der Waals surface area contributed by atoms with Gasteiger partial charge in [-0.25, -0.2) is 0 Å². The highest BCUT2D eigenvalue weighted by molar-refractivity contribution is 7.80. The summed E-state index contributed by atoms with van der Waals surface area (Å²) in [6, 6.07) is 6.17. The van der Waals surface area contributed by atoms with Crippen LogP contribution in [0.2, 0.25) is 0 Å². The van der Waals surface area contributed by atoms with Crippen LogP contribution in [0.15, 0.2) is 18.2 Å². The van der Waals surface area contributed by atoms with Gasteiger partial charge in [-0.05, 0) is 49.4 Å². The van der Waals surface area contributed by atoms with E-state index in [4.69, 9.17) is 22.7 Å². The van der Waals surface area contributed by atoms with E-state index in [9.17, 15) is 0 Å².